The van der Waals surface area contributed by atoms with Crippen molar-refractivity contribution in [3.8, 4) is 17.2 Å². The van der Waals surface area contributed by atoms with E-state index in [4.69, 9.17) is 14.2 Å². The fourth-order valence-corrected chi connectivity index (χ4v) is 2.11. The Labute approximate surface area is 132 Å². The normalized spacial score (nSPS) is 10.2. The van der Waals surface area contributed by atoms with Gasteiger partial charge in [-0.05, 0) is 49.2 Å². The fourth-order valence-electron chi connectivity index (χ4n) is 2.11. The highest BCUT2D eigenvalue weighted by Gasteiger charge is 2.04. The number of hydrogen-bond donors (Lipinski definition) is 1. The Hall–Kier alpha value is -2.36. The maximum Gasteiger partial charge on any atom is 0.142 e. The van der Waals surface area contributed by atoms with Gasteiger partial charge in [-0.25, -0.2) is 0 Å². The maximum atomic E-state index is 5.76. The zero-order valence-corrected chi connectivity index (χ0v) is 13.6. The van der Waals surface area contributed by atoms with Crippen molar-refractivity contribution in [1.82, 2.24) is 0 Å². The van der Waals surface area contributed by atoms with E-state index >= 15 is 0 Å². The second-order valence-corrected chi connectivity index (χ2v) is 5.09. The summed E-state index contributed by atoms with van der Waals surface area (Å²) in [6.07, 6.45) is 0. The van der Waals surface area contributed by atoms with Crippen molar-refractivity contribution in [1.29, 1.82) is 0 Å². The van der Waals surface area contributed by atoms with Gasteiger partial charge in [-0.3, -0.25) is 0 Å². The zero-order chi connectivity index (χ0) is 15.9. The average molecular weight is 301 g/mol. The summed E-state index contributed by atoms with van der Waals surface area (Å²) < 4.78 is 16.3. The van der Waals surface area contributed by atoms with Gasteiger partial charge >= 0.3 is 0 Å². The first-order valence-electron chi connectivity index (χ1n) is 7.30. The molecule has 0 aliphatic carbocycles. The monoisotopic (exact) mass is 301 g/mol. The molecule has 0 aliphatic rings. The van der Waals surface area contributed by atoms with E-state index in [1.54, 1.807) is 14.2 Å². The lowest BCUT2D eigenvalue weighted by Gasteiger charge is -2.13. The minimum atomic E-state index is 0.572. The van der Waals surface area contributed by atoms with Gasteiger partial charge < -0.3 is 19.5 Å². The van der Waals surface area contributed by atoms with Gasteiger partial charge in [0.1, 0.15) is 23.9 Å². The lowest BCUT2D eigenvalue weighted by molar-refractivity contribution is 0.332. The number of hydrogen-bond acceptors (Lipinski definition) is 4. The van der Waals surface area contributed by atoms with E-state index in [1.807, 2.05) is 24.3 Å². The van der Waals surface area contributed by atoms with E-state index in [1.165, 1.54) is 11.1 Å². The van der Waals surface area contributed by atoms with E-state index < -0.39 is 0 Å². The summed E-state index contributed by atoms with van der Waals surface area (Å²) in [4.78, 5) is 0. The molecule has 0 bridgehead atoms. The molecule has 0 saturated heterocycles. The second kappa shape index (κ2) is 7.59. The van der Waals surface area contributed by atoms with Crippen molar-refractivity contribution >= 4 is 5.69 Å². The summed E-state index contributed by atoms with van der Waals surface area (Å²) in [5.41, 5.74) is 3.40. The van der Waals surface area contributed by atoms with Crippen molar-refractivity contribution in [2.24, 2.45) is 0 Å². The van der Waals surface area contributed by atoms with Crippen LogP contribution in [0.1, 0.15) is 11.1 Å². The molecular weight excluding hydrogens is 278 g/mol. The molecule has 0 aromatic heterocycles. The predicted molar refractivity (Wildman–Crippen MR) is 89.4 cm³/mol. The van der Waals surface area contributed by atoms with E-state index in [-0.39, 0.29) is 0 Å². The first-order chi connectivity index (χ1) is 10.6. The van der Waals surface area contributed by atoms with E-state index in [0.717, 1.165) is 22.9 Å². The molecule has 0 saturated carbocycles. The summed E-state index contributed by atoms with van der Waals surface area (Å²) in [5, 5.41) is 3.31. The van der Waals surface area contributed by atoms with Gasteiger partial charge in [0.25, 0.3) is 0 Å². The molecule has 4 nitrogen and oxygen atoms in total. The molecular formula is C18H23NO3. The summed E-state index contributed by atoms with van der Waals surface area (Å²) in [6.45, 7) is 5.43. The summed E-state index contributed by atoms with van der Waals surface area (Å²) in [5.74, 6) is 2.47. The van der Waals surface area contributed by atoms with Crippen molar-refractivity contribution in [2.45, 2.75) is 13.8 Å². The number of ether oxygens (including phenoxy) is 3. The third-order valence-electron chi connectivity index (χ3n) is 3.57. The van der Waals surface area contributed by atoms with Crippen LogP contribution in [0.5, 0.6) is 17.2 Å². The first kappa shape index (κ1) is 16.0. The van der Waals surface area contributed by atoms with Crippen LogP contribution < -0.4 is 19.5 Å². The molecule has 0 aliphatic heterocycles. The number of methoxy groups -OCH3 is 2. The van der Waals surface area contributed by atoms with Gasteiger partial charge in [0, 0.05) is 12.6 Å². The van der Waals surface area contributed by atoms with Crippen LogP contribution in [0.3, 0.4) is 0 Å². The third-order valence-corrected chi connectivity index (χ3v) is 3.57. The Morgan fingerprint density at radius 1 is 0.864 bits per heavy atom. The average Bonchev–Trinajstić information content (AvgIpc) is 2.54. The SMILES string of the molecule is COc1ccc(OC)c(NCCOc2ccc(C)c(C)c2)c1. The van der Waals surface area contributed by atoms with E-state index in [0.29, 0.717) is 13.2 Å². The Morgan fingerprint density at radius 3 is 2.32 bits per heavy atom. The Morgan fingerprint density at radius 2 is 1.64 bits per heavy atom. The summed E-state index contributed by atoms with van der Waals surface area (Å²) in [7, 11) is 3.30. The number of benzene rings is 2. The van der Waals surface area contributed by atoms with Gasteiger partial charge in [0.2, 0.25) is 0 Å². The molecule has 0 unspecified atom stereocenters. The second-order valence-electron chi connectivity index (χ2n) is 5.09. The highest BCUT2D eigenvalue weighted by atomic mass is 16.5. The molecule has 0 heterocycles. The smallest absolute Gasteiger partial charge is 0.142 e. The molecule has 2 rings (SSSR count). The van der Waals surface area contributed by atoms with E-state index in [9.17, 15) is 0 Å². The molecule has 1 N–H and O–H groups in total. The van der Waals surface area contributed by atoms with Gasteiger partial charge in [0.05, 0.1) is 19.9 Å². The van der Waals surface area contributed by atoms with Crippen molar-refractivity contribution in [3.05, 3.63) is 47.5 Å². The van der Waals surface area contributed by atoms with Gasteiger partial charge in [-0.2, -0.15) is 0 Å². The van der Waals surface area contributed by atoms with Crippen LogP contribution in [0.15, 0.2) is 36.4 Å². The summed E-state index contributed by atoms with van der Waals surface area (Å²) in [6, 6.07) is 11.8. The third kappa shape index (κ3) is 4.07. The van der Waals surface area contributed by atoms with Crippen LogP contribution in [-0.2, 0) is 0 Å². The van der Waals surface area contributed by atoms with Crippen LogP contribution in [0.2, 0.25) is 0 Å². The number of aryl methyl sites for hydroxylation is 2. The minimum Gasteiger partial charge on any atom is -0.497 e. The van der Waals surface area contributed by atoms with Crippen molar-refractivity contribution in [2.75, 3.05) is 32.7 Å². The predicted octanol–water partition coefficient (Wildman–Crippen LogP) is 3.81. The quantitative estimate of drug-likeness (QED) is 0.789. The maximum absolute atomic E-state index is 5.76. The molecule has 4 heteroatoms. The Balaban J connectivity index is 1.89. The molecule has 118 valence electrons. The van der Waals surface area contributed by atoms with Crippen LogP contribution >= 0.6 is 0 Å². The zero-order valence-electron chi connectivity index (χ0n) is 13.6. The summed E-state index contributed by atoms with van der Waals surface area (Å²) >= 11 is 0. The van der Waals surface area contributed by atoms with Crippen molar-refractivity contribution < 1.29 is 14.2 Å². The fraction of sp³-hybridized carbons (Fsp3) is 0.333. The number of nitrogens with one attached hydrogen (secondary N) is 1. The molecule has 0 amide bonds. The molecule has 2 aromatic carbocycles. The van der Waals surface area contributed by atoms with Crippen LogP contribution in [0.25, 0.3) is 0 Å². The van der Waals surface area contributed by atoms with Crippen LogP contribution in [0.4, 0.5) is 5.69 Å². The van der Waals surface area contributed by atoms with Crippen LogP contribution in [0, 0.1) is 13.8 Å². The Kier molecular flexibility index (Phi) is 5.53. The highest BCUT2D eigenvalue weighted by Crippen LogP contribution is 2.28. The number of anilines is 1. The van der Waals surface area contributed by atoms with Gasteiger partial charge in [-0.1, -0.05) is 6.07 Å². The molecule has 22 heavy (non-hydrogen) atoms. The lowest BCUT2D eigenvalue weighted by Crippen LogP contribution is -2.12. The minimum absolute atomic E-state index is 0.572. The molecule has 0 atom stereocenters. The lowest BCUT2D eigenvalue weighted by atomic mass is 10.1. The van der Waals surface area contributed by atoms with Gasteiger partial charge in [0.15, 0.2) is 0 Å². The Bertz CT molecular complexity index is 626. The molecule has 0 radical (unpaired) electrons. The highest BCUT2D eigenvalue weighted by molar-refractivity contribution is 5.59. The standard InChI is InChI=1S/C18H23NO3/c1-13-5-6-16(11-14(13)2)22-10-9-19-17-12-15(20-3)7-8-18(17)21-4/h5-8,11-12,19H,9-10H2,1-4H3. The van der Waals surface area contributed by atoms with Gasteiger partial charge in [-0.15, -0.1) is 0 Å². The van der Waals surface area contributed by atoms with Crippen molar-refractivity contribution in [3.63, 3.8) is 0 Å². The number of rotatable bonds is 7. The largest absolute Gasteiger partial charge is 0.497 e. The molecule has 0 fully saturated rings. The topological polar surface area (TPSA) is 39.7 Å². The molecule has 2 aromatic rings. The first-order valence-corrected chi connectivity index (χ1v) is 7.30. The van der Waals surface area contributed by atoms with Crippen LogP contribution in [-0.4, -0.2) is 27.4 Å². The molecule has 0 spiro atoms. The van der Waals surface area contributed by atoms with E-state index in [2.05, 4.69) is 31.3 Å².